The van der Waals surface area contributed by atoms with Crippen LogP contribution in [0.15, 0.2) is 0 Å². The van der Waals surface area contributed by atoms with Crippen LogP contribution in [0.25, 0.3) is 0 Å². The molecule has 6 heteroatoms. The van der Waals surface area contributed by atoms with Crippen LogP contribution < -0.4 is 0 Å². The fourth-order valence-electron chi connectivity index (χ4n) is 2.24. The van der Waals surface area contributed by atoms with Gasteiger partial charge in [0.2, 0.25) is 0 Å². The lowest BCUT2D eigenvalue weighted by Gasteiger charge is -2.30. The van der Waals surface area contributed by atoms with Gasteiger partial charge in [-0.25, -0.2) is 0 Å². The number of methoxy groups -OCH3 is 2. The molecule has 0 aromatic heterocycles. The van der Waals surface area contributed by atoms with E-state index in [4.69, 9.17) is 0 Å². The molecule has 0 spiro atoms. The van der Waals surface area contributed by atoms with Crippen LogP contribution in [0, 0.1) is 5.41 Å². The number of ketones is 1. The van der Waals surface area contributed by atoms with Crippen molar-refractivity contribution < 1.29 is 29.0 Å². The summed E-state index contributed by atoms with van der Waals surface area (Å²) in [7, 11) is 2.37. The summed E-state index contributed by atoms with van der Waals surface area (Å²) in [5.74, 6) is -1.59. The molecule has 102 valence electrons. The van der Waals surface area contributed by atoms with Crippen LogP contribution >= 0.6 is 0 Å². The average Bonchev–Trinajstić information content (AvgIpc) is 2.35. The highest BCUT2D eigenvalue weighted by atomic mass is 16.5. The van der Waals surface area contributed by atoms with Gasteiger partial charge in [0.15, 0.2) is 5.41 Å². The smallest absolute Gasteiger partial charge is 0.323 e. The third-order valence-electron chi connectivity index (χ3n) is 3.35. The van der Waals surface area contributed by atoms with Gasteiger partial charge in [-0.2, -0.15) is 0 Å². The van der Waals surface area contributed by atoms with E-state index in [1.165, 1.54) is 14.2 Å². The highest BCUT2D eigenvalue weighted by molar-refractivity contribution is 6.00. The van der Waals surface area contributed by atoms with E-state index in [1.54, 1.807) is 0 Å². The lowest BCUT2D eigenvalue weighted by molar-refractivity contribution is -0.171. The minimum Gasteiger partial charge on any atom is -0.468 e. The number of ether oxygens (including phenoxy) is 2. The van der Waals surface area contributed by atoms with E-state index in [0.717, 1.165) is 0 Å². The molecule has 0 radical (unpaired) electrons. The number of hydrogen-bond donors (Lipinski definition) is 1. The normalized spacial score (nSPS) is 23.7. The van der Waals surface area contributed by atoms with Gasteiger partial charge in [-0.1, -0.05) is 0 Å². The number of hydrogen-bond acceptors (Lipinski definition) is 6. The first-order valence-corrected chi connectivity index (χ1v) is 5.83. The molecule has 0 aromatic rings. The second kappa shape index (κ2) is 5.95. The summed E-state index contributed by atoms with van der Waals surface area (Å²) < 4.78 is 9.30. The first-order chi connectivity index (χ1) is 8.46. The Morgan fingerprint density at radius 2 is 1.78 bits per heavy atom. The molecule has 1 unspecified atom stereocenters. The first kappa shape index (κ1) is 14.6. The molecule has 1 rings (SSSR count). The molecule has 0 saturated heterocycles. The zero-order valence-corrected chi connectivity index (χ0v) is 10.6. The molecule has 1 aliphatic rings. The summed E-state index contributed by atoms with van der Waals surface area (Å²) in [6.45, 7) is 0. The van der Waals surface area contributed by atoms with E-state index in [1.807, 2.05) is 0 Å². The summed E-state index contributed by atoms with van der Waals surface area (Å²) in [6.07, 6.45) is -0.319. The molecule has 1 fully saturated rings. The Balaban J connectivity index is 3.03. The summed E-state index contributed by atoms with van der Waals surface area (Å²) in [6, 6.07) is 0. The molecular formula is C12H18O6. The van der Waals surface area contributed by atoms with Gasteiger partial charge in [-0.05, 0) is 19.3 Å². The van der Waals surface area contributed by atoms with Gasteiger partial charge in [-0.3, -0.25) is 14.4 Å². The Labute approximate surface area is 105 Å². The summed E-state index contributed by atoms with van der Waals surface area (Å²) >= 11 is 0. The van der Waals surface area contributed by atoms with Crippen molar-refractivity contribution in [1.29, 1.82) is 0 Å². The van der Waals surface area contributed by atoms with Crippen LogP contribution in [0.2, 0.25) is 0 Å². The van der Waals surface area contributed by atoms with Gasteiger partial charge < -0.3 is 14.6 Å². The summed E-state index contributed by atoms with van der Waals surface area (Å²) in [5, 5.41) is 9.60. The van der Waals surface area contributed by atoms with Crippen molar-refractivity contribution in [2.45, 2.75) is 38.2 Å². The number of carbonyl (C=O) groups is 3. The van der Waals surface area contributed by atoms with E-state index >= 15 is 0 Å². The summed E-state index contributed by atoms with van der Waals surface area (Å²) in [4.78, 5) is 35.2. The molecular weight excluding hydrogens is 240 g/mol. The summed E-state index contributed by atoms with van der Waals surface area (Å²) in [5.41, 5.74) is -1.47. The Kier molecular flexibility index (Phi) is 4.84. The third-order valence-corrected chi connectivity index (χ3v) is 3.35. The largest absolute Gasteiger partial charge is 0.468 e. The third kappa shape index (κ3) is 2.87. The topological polar surface area (TPSA) is 89.9 Å². The minimum atomic E-state index is -1.47. The van der Waals surface area contributed by atoms with Crippen LogP contribution in [-0.4, -0.2) is 43.2 Å². The lowest BCUT2D eigenvalue weighted by atomic mass is 9.75. The Hall–Kier alpha value is -1.43. The Bertz CT molecular complexity index is 332. The van der Waals surface area contributed by atoms with Gasteiger partial charge in [0.05, 0.1) is 20.3 Å². The van der Waals surface area contributed by atoms with E-state index in [2.05, 4.69) is 9.47 Å². The maximum absolute atomic E-state index is 11.9. The SMILES string of the molecule is COC(=O)C1(C(=O)OC)CCC(=O)CC(O)CC1. The van der Waals surface area contributed by atoms with Crippen molar-refractivity contribution in [3.63, 3.8) is 0 Å². The zero-order chi connectivity index (χ0) is 13.8. The van der Waals surface area contributed by atoms with Crippen molar-refractivity contribution in [2.75, 3.05) is 14.2 Å². The molecule has 0 aliphatic heterocycles. The molecule has 0 aromatic carbocycles. The molecule has 1 aliphatic carbocycles. The van der Waals surface area contributed by atoms with E-state index in [9.17, 15) is 19.5 Å². The average molecular weight is 258 g/mol. The molecule has 6 nitrogen and oxygen atoms in total. The van der Waals surface area contributed by atoms with Crippen molar-refractivity contribution in [3.05, 3.63) is 0 Å². The number of aliphatic hydroxyl groups excluding tert-OH is 1. The van der Waals surface area contributed by atoms with E-state index in [-0.39, 0.29) is 37.9 Å². The van der Waals surface area contributed by atoms with Crippen molar-refractivity contribution in [1.82, 2.24) is 0 Å². The Morgan fingerprint density at radius 3 is 2.28 bits per heavy atom. The molecule has 1 N–H and O–H groups in total. The van der Waals surface area contributed by atoms with Crippen molar-refractivity contribution >= 4 is 17.7 Å². The van der Waals surface area contributed by atoms with Gasteiger partial charge in [-0.15, -0.1) is 0 Å². The second-order valence-electron chi connectivity index (χ2n) is 4.50. The van der Waals surface area contributed by atoms with Gasteiger partial charge >= 0.3 is 11.9 Å². The monoisotopic (exact) mass is 258 g/mol. The predicted molar refractivity (Wildman–Crippen MR) is 60.6 cm³/mol. The number of aliphatic hydroxyl groups is 1. The standard InChI is InChI=1S/C12H18O6/c1-17-10(15)12(11(16)18-2)5-3-8(13)7-9(14)4-6-12/h8,13H,3-7H2,1-2H3. The minimum absolute atomic E-state index is 0.0568. The van der Waals surface area contributed by atoms with Gasteiger partial charge in [0.1, 0.15) is 5.78 Å². The lowest BCUT2D eigenvalue weighted by Crippen LogP contribution is -2.43. The van der Waals surface area contributed by atoms with Crippen molar-refractivity contribution in [2.24, 2.45) is 5.41 Å². The van der Waals surface area contributed by atoms with E-state index in [0.29, 0.717) is 0 Å². The fourth-order valence-corrected chi connectivity index (χ4v) is 2.24. The van der Waals surface area contributed by atoms with Crippen LogP contribution in [0.1, 0.15) is 32.1 Å². The molecule has 18 heavy (non-hydrogen) atoms. The Morgan fingerprint density at radius 1 is 1.22 bits per heavy atom. The van der Waals surface area contributed by atoms with Crippen LogP contribution in [-0.2, 0) is 23.9 Å². The molecule has 1 saturated carbocycles. The quantitative estimate of drug-likeness (QED) is 0.562. The van der Waals surface area contributed by atoms with Crippen molar-refractivity contribution in [3.8, 4) is 0 Å². The number of esters is 2. The van der Waals surface area contributed by atoms with Gasteiger partial charge in [0, 0.05) is 12.8 Å². The highest BCUT2D eigenvalue weighted by Gasteiger charge is 2.49. The molecule has 0 heterocycles. The molecule has 0 amide bonds. The maximum atomic E-state index is 11.9. The van der Waals surface area contributed by atoms with Gasteiger partial charge in [0.25, 0.3) is 0 Å². The van der Waals surface area contributed by atoms with E-state index < -0.39 is 23.5 Å². The van der Waals surface area contributed by atoms with Crippen LogP contribution in [0.5, 0.6) is 0 Å². The number of rotatable bonds is 2. The molecule has 0 bridgehead atoms. The fraction of sp³-hybridized carbons (Fsp3) is 0.750. The zero-order valence-electron chi connectivity index (χ0n) is 10.6. The number of Topliss-reactive ketones (excluding diaryl/α,β-unsaturated/α-hetero) is 1. The second-order valence-corrected chi connectivity index (χ2v) is 4.50. The first-order valence-electron chi connectivity index (χ1n) is 5.83. The van der Waals surface area contributed by atoms with Crippen LogP contribution in [0.4, 0.5) is 0 Å². The predicted octanol–water partition coefficient (Wildman–Crippen LogP) is 0.213. The number of carbonyl (C=O) groups excluding carboxylic acids is 3. The highest BCUT2D eigenvalue weighted by Crippen LogP contribution is 2.36. The maximum Gasteiger partial charge on any atom is 0.323 e. The van der Waals surface area contributed by atoms with Crippen LogP contribution in [0.3, 0.4) is 0 Å². The molecule has 1 atom stereocenters.